The third-order valence-corrected chi connectivity index (χ3v) is 6.57. The maximum absolute atomic E-state index is 12.9. The lowest BCUT2D eigenvalue weighted by atomic mass is 10.1. The van der Waals surface area contributed by atoms with Crippen molar-refractivity contribution in [2.75, 3.05) is 11.4 Å². The zero-order chi connectivity index (χ0) is 21.6. The highest BCUT2D eigenvalue weighted by atomic mass is 16.2. The average molecular weight is 418 g/mol. The SMILES string of the molecule is CCCCCCCCCn1c(C2CC(=O)N(c3ccccc3C)C2)nc2ccccc21. The molecule has 1 unspecified atom stereocenters. The van der Waals surface area contributed by atoms with Crippen LogP contribution in [0.3, 0.4) is 0 Å². The van der Waals surface area contributed by atoms with Gasteiger partial charge in [-0.1, -0.05) is 75.8 Å². The van der Waals surface area contributed by atoms with E-state index in [1.54, 1.807) is 0 Å². The molecule has 0 spiro atoms. The van der Waals surface area contributed by atoms with Crippen LogP contribution in [0.2, 0.25) is 0 Å². The molecule has 2 aromatic carbocycles. The Kier molecular flexibility index (Phi) is 7.06. The highest BCUT2D eigenvalue weighted by Crippen LogP contribution is 2.34. The van der Waals surface area contributed by atoms with Crippen molar-refractivity contribution >= 4 is 22.6 Å². The summed E-state index contributed by atoms with van der Waals surface area (Å²) < 4.78 is 2.39. The average Bonchev–Trinajstić information content (AvgIpc) is 3.34. The molecule has 0 bridgehead atoms. The van der Waals surface area contributed by atoms with Crippen LogP contribution in [0.15, 0.2) is 48.5 Å². The summed E-state index contributed by atoms with van der Waals surface area (Å²) >= 11 is 0. The minimum atomic E-state index is 0.143. The van der Waals surface area contributed by atoms with Gasteiger partial charge in [-0.3, -0.25) is 4.79 Å². The van der Waals surface area contributed by atoms with Gasteiger partial charge in [0.05, 0.1) is 11.0 Å². The molecule has 0 aliphatic carbocycles. The molecule has 1 amide bonds. The molecule has 1 aliphatic heterocycles. The Bertz CT molecular complexity index is 1020. The van der Waals surface area contributed by atoms with E-state index >= 15 is 0 Å². The van der Waals surface area contributed by atoms with Crippen molar-refractivity contribution < 1.29 is 4.79 Å². The number of hydrogen-bond acceptors (Lipinski definition) is 2. The molecule has 4 heteroatoms. The van der Waals surface area contributed by atoms with E-state index in [1.165, 1.54) is 50.5 Å². The van der Waals surface area contributed by atoms with Gasteiger partial charge in [0.25, 0.3) is 0 Å². The summed E-state index contributed by atoms with van der Waals surface area (Å²) in [7, 11) is 0. The summed E-state index contributed by atoms with van der Waals surface area (Å²) in [6.07, 6.45) is 9.62. The van der Waals surface area contributed by atoms with Crippen LogP contribution in [-0.4, -0.2) is 22.0 Å². The zero-order valence-corrected chi connectivity index (χ0v) is 19.0. The number of benzene rings is 2. The van der Waals surface area contributed by atoms with Crippen molar-refractivity contribution in [1.29, 1.82) is 0 Å². The molecular formula is C27H35N3O. The number of fused-ring (bicyclic) bond motifs is 1. The number of unbranched alkanes of at least 4 members (excludes halogenated alkanes) is 6. The van der Waals surface area contributed by atoms with Gasteiger partial charge in [-0.05, 0) is 37.1 Å². The first-order chi connectivity index (χ1) is 15.2. The van der Waals surface area contributed by atoms with Crippen LogP contribution in [0, 0.1) is 6.92 Å². The molecule has 1 saturated heterocycles. The maximum atomic E-state index is 12.9. The molecule has 3 aromatic rings. The van der Waals surface area contributed by atoms with Crippen LogP contribution in [0.4, 0.5) is 5.69 Å². The van der Waals surface area contributed by atoms with Gasteiger partial charge in [0.15, 0.2) is 0 Å². The third kappa shape index (κ3) is 4.84. The van der Waals surface area contributed by atoms with Gasteiger partial charge >= 0.3 is 0 Å². The highest BCUT2D eigenvalue weighted by Gasteiger charge is 2.35. The van der Waals surface area contributed by atoms with Crippen molar-refractivity contribution in [3.8, 4) is 0 Å². The molecule has 4 nitrogen and oxygen atoms in total. The van der Waals surface area contributed by atoms with Gasteiger partial charge in [-0.25, -0.2) is 4.98 Å². The number of anilines is 1. The Morgan fingerprint density at radius 3 is 2.45 bits per heavy atom. The number of carbonyl (C=O) groups is 1. The lowest BCUT2D eigenvalue weighted by Gasteiger charge is -2.19. The lowest BCUT2D eigenvalue weighted by Crippen LogP contribution is -2.25. The Labute approximate surface area is 186 Å². The van der Waals surface area contributed by atoms with E-state index in [9.17, 15) is 4.79 Å². The van der Waals surface area contributed by atoms with Crippen molar-refractivity contribution in [3.05, 3.63) is 59.9 Å². The molecule has 0 radical (unpaired) electrons. The topological polar surface area (TPSA) is 38.1 Å². The first kappa shape index (κ1) is 21.6. The number of aromatic nitrogens is 2. The van der Waals surface area contributed by atoms with Crippen molar-refractivity contribution in [2.24, 2.45) is 0 Å². The highest BCUT2D eigenvalue weighted by molar-refractivity contribution is 5.97. The summed E-state index contributed by atoms with van der Waals surface area (Å²) in [5, 5.41) is 0. The second-order valence-corrected chi connectivity index (χ2v) is 8.92. The quantitative estimate of drug-likeness (QED) is 0.348. The van der Waals surface area contributed by atoms with E-state index < -0.39 is 0 Å². The fraction of sp³-hybridized carbons (Fsp3) is 0.481. The van der Waals surface area contributed by atoms with Crippen LogP contribution in [0.25, 0.3) is 11.0 Å². The lowest BCUT2D eigenvalue weighted by molar-refractivity contribution is -0.117. The number of aryl methyl sites for hydroxylation is 2. The minimum absolute atomic E-state index is 0.143. The molecule has 2 heterocycles. The molecule has 164 valence electrons. The van der Waals surface area contributed by atoms with Gasteiger partial charge in [0, 0.05) is 31.1 Å². The van der Waals surface area contributed by atoms with Crippen LogP contribution in [-0.2, 0) is 11.3 Å². The van der Waals surface area contributed by atoms with Gasteiger partial charge < -0.3 is 9.47 Å². The maximum Gasteiger partial charge on any atom is 0.227 e. The van der Waals surface area contributed by atoms with Crippen molar-refractivity contribution in [3.63, 3.8) is 0 Å². The second-order valence-electron chi connectivity index (χ2n) is 8.92. The molecule has 31 heavy (non-hydrogen) atoms. The van der Waals surface area contributed by atoms with Crippen LogP contribution in [0.1, 0.15) is 75.6 Å². The van der Waals surface area contributed by atoms with E-state index in [-0.39, 0.29) is 11.8 Å². The van der Waals surface area contributed by atoms with Crippen LogP contribution >= 0.6 is 0 Å². The monoisotopic (exact) mass is 417 g/mol. The standard InChI is InChI=1S/C27H35N3O/c1-3-4-5-6-7-8-13-18-29-25-17-12-10-15-23(25)28-27(29)22-19-26(31)30(20-22)24-16-11-9-14-21(24)2/h9-12,14-17,22H,3-8,13,18-20H2,1-2H3. The summed E-state index contributed by atoms with van der Waals surface area (Å²) in [5.74, 6) is 1.43. The number of carbonyl (C=O) groups excluding carboxylic acids is 1. The van der Waals surface area contributed by atoms with Gasteiger partial charge in [0.1, 0.15) is 5.82 Å². The normalized spacial score (nSPS) is 16.5. The number of amides is 1. The summed E-state index contributed by atoms with van der Waals surface area (Å²) in [6.45, 7) is 6.04. The van der Waals surface area contributed by atoms with Crippen molar-refractivity contribution in [1.82, 2.24) is 9.55 Å². The number of para-hydroxylation sites is 3. The molecule has 0 N–H and O–H groups in total. The first-order valence-electron chi connectivity index (χ1n) is 12.0. The summed E-state index contributed by atoms with van der Waals surface area (Å²) in [5.41, 5.74) is 4.42. The van der Waals surface area contributed by atoms with Crippen LogP contribution < -0.4 is 4.90 Å². The third-order valence-electron chi connectivity index (χ3n) is 6.57. The molecule has 4 rings (SSSR count). The molecule has 1 atom stereocenters. The molecular weight excluding hydrogens is 382 g/mol. The molecule has 1 fully saturated rings. The van der Waals surface area contributed by atoms with Gasteiger partial charge in [-0.2, -0.15) is 0 Å². The Hall–Kier alpha value is -2.62. The predicted octanol–water partition coefficient (Wildman–Crippen LogP) is 6.62. The molecule has 0 saturated carbocycles. The van der Waals surface area contributed by atoms with E-state index in [2.05, 4.69) is 54.8 Å². The largest absolute Gasteiger partial charge is 0.328 e. The van der Waals surface area contributed by atoms with E-state index in [0.29, 0.717) is 13.0 Å². The molecule has 1 aliphatic rings. The number of rotatable bonds is 10. The Morgan fingerprint density at radius 2 is 1.65 bits per heavy atom. The number of imidazole rings is 1. The Morgan fingerprint density at radius 1 is 0.935 bits per heavy atom. The fourth-order valence-corrected chi connectivity index (χ4v) is 4.85. The van der Waals surface area contributed by atoms with E-state index in [0.717, 1.165) is 29.1 Å². The summed E-state index contributed by atoms with van der Waals surface area (Å²) in [4.78, 5) is 19.9. The smallest absolute Gasteiger partial charge is 0.227 e. The first-order valence-corrected chi connectivity index (χ1v) is 12.0. The molecule has 1 aromatic heterocycles. The number of nitrogens with zero attached hydrogens (tertiary/aromatic N) is 3. The Balaban J connectivity index is 1.50. The van der Waals surface area contributed by atoms with Gasteiger partial charge in [-0.15, -0.1) is 0 Å². The second kappa shape index (κ2) is 10.1. The van der Waals surface area contributed by atoms with E-state index in [4.69, 9.17) is 4.98 Å². The summed E-state index contributed by atoms with van der Waals surface area (Å²) in [6, 6.07) is 16.6. The number of hydrogen-bond donors (Lipinski definition) is 0. The van der Waals surface area contributed by atoms with Crippen LogP contribution in [0.5, 0.6) is 0 Å². The van der Waals surface area contributed by atoms with Crippen molar-refractivity contribution in [2.45, 2.75) is 77.7 Å². The minimum Gasteiger partial charge on any atom is -0.328 e. The predicted molar refractivity (Wildman–Crippen MR) is 129 cm³/mol. The fourth-order valence-electron chi connectivity index (χ4n) is 4.85. The zero-order valence-electron chi connectivity index (χ0n) is 19.0. The van der Waals surface area contributed by atoms with E-state index in [1.807, 2.05) is 17.0 Å². The van der Waals surface area contributed by atoms with Gasteiger partial charge in [0.2, 0.25) is 5.91 Å².